The fourth-order valence-corrected chi connectivity index (χ4v) is 1.72. The molecule has 1 saturated heterocycles. The molecule has 0 saturated carbocycles. The second-order valence-corrected chi connectivity index (χ2v) is 3.71. The summed E-state index contributed by atoms with van der Waals surface area (Å²) in [5, 5.41) is 4.01. The normalized spacial score (nSPS) is 21.7. The maximum absolute atomic E-state index is 11.9. The molecule has 1 aromatic rings. The first kappa shape index (κ1) is 10.2. The van der Waals surface area contributed by atoms with Gasteiger partial charge < -0.3 is 9.64 Å². The third kappa shape index (κ3) is 2.36. The first-order valence-electron chi connectivity index (χ1n) is 5.12. The molecule has 1 fully saturated rings. The summed E-state index contributed by atoms with van der Waals surface area (Å²) < 4.78 is 6.92. The molecular weight excluding hydrogens is 194 g/mol. The monoisotopic (exact) mass is 209 g/mol. The van der Waals surface area contributed by atoms with Gasteiger partial charge in [0.2, 0.25) is 5.91 Å². The quantitative estimate of drug-likeness (QED) is 0.695. The van der Waals surface area contributed by atoms with E-state index in [0.29, 0.717) is 26.3 Å². The molecule has 0 aromatic carbocycles. The first-order valence-corrected chi connectivity index (χ1v) is 5.12. The van der Waals surface area contributed by atoms with Crippen molar-refractivity contribution in [1.82, 2.24) is 14.7 Å². The van der Waals surface area contributed by atoms with E-state index < -0.39 is 0 Å². The van der Waals surface area contributed by atoms with Gasteiger partial charge in [-0.3, -0.25) is 9.48 Å². The highest BCUT2D eigenvalue weighted by atomic mass is 16.5. The lowest BCUT2D eigenvalue weighted by molar-refractivity contribution is -0.139. The van der Waals surface area contributed by atoms with Crippen LogP contribution in [-0.4, -0.2) is 46.4 Å². The summed E-state index contributed by atoms with van der Waals surface area (Å²) in [6, 6.07) is 1.98. The first-order chi connectivity index (χ1) is 7.27. The third-order valence-corrected chi connectivity index (χ3v) is 2.54. The van der Waals surface area contributed by atoms with Crippen LogP contribution in [0.3, 0.4) is 0 Å². The van der Waals surface area contributed by atoms with Crippen LogP contribution in [0.2, 0.25) is 0 Å². The Hall–Kier alpha value is -1.36. The Morgan fingerprint density at radius 2 is 2.53 bits per heavy atom. The predicted octanol–water partition coefficient (Wildman–Crippen LogP) is 0.130. The zero-order chi connectivity index (χ0) is 10.7. The number of amides is 1. The van der Waals surface area contributed by atoms with Crippen molar-refractivity contribution in [2.75, 3.05) is 19.8 Å². The Bertz CT molecular complexity index is 323. The molecular formula is C10H15N3O2. The summed E-state index contributed by atoms with van der Waals surface area (Å²) in [6.07, 6.45) is 3.47. The van der Waals surface area contributed by atoms with Crippen LogP contribution >= 0.6 is 0 Å². The SMILES string of the molecule is CC1COCCN1C(=O)Cn1cccn1. The van der Waals surface area contributed by atoms with E-state index in [1.54, 1.807) is 17.1 Å². The smallest absolute Gasteiger partial charge is 0.244 e. The minimum Gasteiger partial charge on any atom is -0.377 e. The molecule has 5 nitrogen and oxygen atoms in total. The van der Waals surface area contributed by atoms with Crippen LogP contribution in [-0.2, 0) is 16.1 Å². The molecule has 0 spiro atoms. The summed E-state index contributed by atoms with van der Waals surface area (Å²) in [5.41, 5.74) is 0. The minimum absolute atomic E-state index is 0.106. The topological polar surface area (TPSA) is 47.4 Å². The number of carbonyl (C=O) groups is 1. The van der Waals surface area contributed by atoms with Gasteiger partial charge in [0.25, 0.3) is 0 Å². The van der Waals surface area contributed by atoms with E-state index >= 15 is 0 Å². The van der Waals surface area contributed by atoms with Crippen molar-refractivity contribution in [3.05, 3.63) is 18.5 Å². The summed E-state index contributed by atoms with van der Waals surface area (Å²) in [5.74, 6) is 0.106. The third-order valence-electron chi connectivity index (χ3n) is 2.54. The Morgan fingerprint density at radius 1 is 1.67 bits per heavy atom. The van der Waals surface area contributed by atoms with E-state index in [1.807, 2.05) is 17.9 Å². The lowest BCUT2D eigenvalue weighted by Crippen LogP contribution is -2.48. The van der Waals surface area contributed by atoms with Gasteiger partial charge in [0.05, 0.1) is 19.3 Å². The van der Waals surface area contributed by atoms with Crippen LogP contribution in [0.25, 0.3) is 0 Å². The largest absolute Gasteiger partial charge is 0.377 e. The fourth-order valence-electron chi connectivity index (χ4n) is 1.72. The molecule has 0 bridgehead atoms. The van der Waals surface area contributed by atoms with Gasteiger partial charge in [0.15, 0.2) is 0 Å². The van der Waals surface area contributed by atoms with Crippen molar-refractivity contribution < 1.29 is 9.53 Å². The minimum atomic E-state index is 0.106. The molecule has 1 aromatic heterocycles. The Kier molecular flexibility index (Phi) is 3.01. The van der Waals surface area contributed by atoms with Crippen LogP contribution in [0, 0.1) is 0 Å². The van der Waals surface area contributed by atoms with Crippen LogP contribution in [0.5, 0.6) is 0 Å². The zero-order valence-electron chi connectivity index (χ0n) is 8.80. The molecule has 82 valence electrons. The van der Waals surface area contributed by atoms with Crippen molar-refractivity contribution >= 4 is 5.91 Å². The molecule has 15 heavy (non-hydrogen) atoms. The van der Waals surface area contributed by atoms with Crippen LogP contribution in [0.15, 0.2) is 18.5 Å². The molecule has 1 unspecified atom stereocenters. The summed E-state index contributed by atoms with van der Waals surface area (Å²) in [7, 11) is 0. The second-order valence-electron chi connectivity index (χ2n) is 3.71. The molecule has 1 aliphatic rings. The van der Waals surface area contributed by atoms with Gasteiger partial charge in [-0.25, -0.2) is 0 Å². The zero-order valence-corrected chi connectivity index (χ0v) is 8.80. The van der Waals surface area contributed by atoms with E-state index in [0.717, 1.165) is 0 Å². The maximum Gasteiger partial charge on any atom is 0.244 e. The summed E-state index contributed by atoms with van der Waals surface area (Å²) in [6.45, 7) is 4.26. The highest BCUT2D eigenvalue weighted by Gasteiger charge is 2.23. The highest BCUT2D eigenvalue weighted by molar-refractivity contribution is 5.76. The maximum atomic E-state index is 11.9. The van der Waals surface area contributed by atoms with Crippen LogP contribution in [0.4, 0.5) is 0 Å². The number of rotatable bonds is 2. The number of ether oxygens (including phenoxy) is 1. The molecule has 0 radical (unpaired) electrons. The lowest BCUT2D eigenvalue weighted by Gasteiger charge is -2.33. The van der Waals surface area contributed by atoms with Crippen LogP contribution < -0.4 is 0 Å². The Labute approximate surface area is 88.6 Å². The number of aromatic nitrogens is 2. The van der Waals surface area contributed by atoms with Crippen LogP contribution in [0.1, 0.15) is 6.92 Å². The van der Waals surface area contributed by atoms with Crippen molar-refractivity contribution in [3.8, 4) is 0 Å². The van der Waals surface area contributed by atoms with E-state index in [-0.39, 0.29) is 11.9 Å². The van der Waals surface area contributed by atoms with E-state index in [1.165, 1.54) is 0 Å². The molecule has 0 N–H and O–H groups in total. The molecule has 2 heterocycles. The number of carbonyl (C=O) groups excluding carboxylic acids is 1. The molecule has 0 aliphatic carbocycles. The van der Waals surface area contributed by atoms with Gasteiger partial charge >= 0.3 is 0 Å². The van der Waals surface area contributed by atoms with Gasteiger partial charge in [-0.15, -0.1) is 0 Å². The number of hydrogen-bond donors (Lipinski definition) is 0. The number of nitrogens with zero attached hydrogens (tertiary/aromatic N) is 3. The number of morpholine rings is 1. The van der Waals surface area contributed by atoms with Crippen molar-refractivity contribution in [3.63, 3.8) is 0 Å². The molecule has 1 aliphatic heterocycles. The predicted molar refractivity (Wildman–Crippen MR) is 54.2 cm³/mol. The molecule has 1 amide bonds. The highest BCUT2D eigenvalue weighted by Crippen LogP contribution is 2.07. The van der Waals surface area contributed by atoms with Crippen molar-refractivity contribution in [2.24, 2.45) is 0 Å². The molecule has 1 atom stereocenters. The fraction of sp³-hybridized carbons (Fsp3) is 0.600. The van der Waals surface area contributed by atoms with Gasteiger partial charge in [0.1, 0.15) is 6.54 Å². The van der Waals surface area contributed by atoms with E-state index in [4.69, 9.17) is 4.74 Å². The summed E-state index contributed by atoms with van der Waals surface area (Å²) in [4.78, 5) is 13.7. The average Bonchev–Trinajstić information content (AvgIpc) is 2.71. The van der Waals surface area contributed by atoms with Gasteiger partial charge in [-0.2, -0.15) is 5.10 Å². The second kappa shape index (κ2) is 4.44. The van der Waals surface area contributed by atoms with Gasteiger partial charge in [0, 0.05) is 18.9 Å². The van der Waals surface area contributed by atoms with E-state index in [9.17, 15) is 4.79 Å². The van der Waals surface area contributed by atoms with E-state index in [2.05, 4.69) is 5.10 Å². The number of hydrogen-bond acceptors (Lipinski definition) is 3. The average molecular weight is 209 g/mol. The van der Waals surface area contributed by atoms with Gasteiger partial charge in [-0.05, 0) is 13.0 Å². The Balaban J connectivity index is 1.95. The lowest BCUT2D eigenvalue weighted by atomic mass is 10.2. The Morgan fingerprint density at radius 3 is 3.20 bits per heavy atom. The van der Waals surface area contributed by atoms with Crippen molar-refractivity contribution in [1.29, 1.82) is 0 Å². The standard InChI is InChI=1S/C10H15N3O2/c1-9-8-15-6-5-13(9)10(14)7-12-4-2-3-11-12/h2-4,9H,5-8H2,1H3. The molecule has 5 heteroatoms. The summed E-state index contributed by atoms with van der Waals surface area (Å²) >= 11 is 0. The molecule has 2 rings (SSSR count). The van der Waals surface area contributed by atoms with Gasteiger partial charge in [-0.1, -0.05) is 0 Å². The van der Waals surface area contributed by atoms with Crippen molar-refractivity contribution in [2.45, 2.75) is 19.5 Å².